The molecule has 0 aliphatic rings. The molecule has 0 bridgehead atoms. The van der Waals surface area contributed by atoms with Crippen molar-refractivity contribution in [3.8, 4) is 5.88 Å². The van der Waals surface area contributed by atoms with Gasteiger partial charge in [-0.25, -0.2) is 19.2 Å². The summed E-state index contributed by atoms with van der Waals surface area (Å²) in [7, 11) is 1.25. The number of hydrogen-bond donors (Lipinski definition) is 0. The average molecular weight is 262 g/mol. The van der Waals surface area contributed by atoms with Crippen LogP contribution in [0.4, 0.5) is 4.39 Å². The van der Waals surface area contributed by atoms with Gasteiger partial charge in [-0.1, -0.05) is 18.2 Å². The minimum absolute atomic E-state index is 0.0340. The molecule has 1 aromatic carbocycles. The van der Waals surface area contributed by atoms with Crippen LogP contribution in [0.25, 0.3) is 0 Å². The molecule has 0 aliphatic heterocycles. The second-order valence-corrected chi connectivity index (χ2v) is 3.61. The van der Waals surface area contributed by atoms with Crippen LogP contribution >= 0.6 is 0 Å². The van der Waals surface area contributed by atoms with Gasteiger partial charge in [-0.15, -0.1) is 0 Å². The zero-order valence-electron chi connectivity index (χ0n) is 10.2. The fourth-order valence-electron chi connectivity index (χ4n) is 1.44. The third-order valence-electron chi connectivity index (χ3n) is 2.40. The summed E-state index contributed by atoms with van der Waals surface area (Å²) in [6.07, 6.45) is 2.53. The van der Waals surface area contributed by atoms with E-state index in [1.807, 2.05) is 0 Å². The van der Waals surface area contributed by atoms with E-state index in [1.165, 1.54) is 25.7 Å². The Morgan fingerprint density at radius 3 is 2.89 bits per heavy atom. The van der Waals surface area contributed by atoms with Crippen molar-refractivity contribution >= 4 is 5.97 Å². The number of halogens is 1. The number of rotatable bonds is 4. The molecule has 6 heteroatoms. The van der Waals surface area contributed by atoms with Gasteiger partial charge in [-0.3, -0.25) is 0 Å². The summed E-state index contributed by atoms with van der Waals surface area (Å²) in [5.74, 6) is -0.926. The van der Waals surface area contributed by atoms with E-state index in [0.717, 1.165) is 0 Å². The third kappa shape index (κ3) is 3.04. The quantitative estimate of drug-likeness (QED) is 0.788. The molecule has 0 saturated heterocycles. The fraction of sp³-hybridized carbons (Fsp3) is 0.154. The van der Waals surface area contributed by atoms with Gasteiger partial charge in [0.15, 0.2) is 0 Å². The Kier molecular flexibility index (Phi) is 4.02. The predicted octanol–water partition coefficient (Wildman–Crippen LogP) is 1.98. The molecule has 1 aromatic heterocycles. The molecule has 0 aliphatic carbocycles. The monoisotopic (exact) mass is 262 g/mol. The summed E-state index contributed by atoms with van der Waals surface area (Å²) < 4.78 is 23.3. The predicted molar refractivity (Wildman–Crippen MR) is 64.1 cm³/mol. The van der Waals surface area contributed by atoms with Gasteiger partial charge in [-0.05, 0) is 6.07 Å². The Morgan fingerprint density at radius 1 is 1.37 bits per heavy atom. The Balaban J connectivity index is 2.16. The zero-order valence-corrected chi connectivity index (χ0v) is 10.2. The largest absolute Gasteiger partial charge is 0.472 e. The summed E-state index contributed by atoms with van der Waals surface area (Å²) >= 11 is 0. The molecule has 0 unspecified atom stereocenters. The highest BCUT2D eigenvalue weighted by Crippen LogP contribution is 2.16. The molecule has 19 heavy (non-hydrogen) atoms. The van der Waals surface area contributed by atoms with Gasteiger partial charge in [0.2, 0.25) is 5.88 Å². The highest BCUT2D eigenvalue weighted by Gasteiger charge is 2.15. The molecular weight excluding hydrogens is 251 g/mol. The first kappa shape index (κ1) is 12.9. The topological polar surface area (TPSA) is 61.3 Å². The molecule has 2 aromatic rings. The smallest absolute Gasteiger partial charge is 0.344 e. The Hall–Kier alpha value is -2.50. The number of esters is 1. The summed E-state index contributed by atoms with van der Waals surface area (Å²) in [6, 6.07) is 6.21. The van der Waals surface area contributed by atoms with Gasteiger partial charge in [0.05, 0.1) is 7.11 Å². The van der Waals surface area contributed by atoms with Crippen molar-refractivity contribution in [3.05, 3.63) is 53.7 Å². The molecule has 1 heterocycles. The molecule has 98 valence electrons. The summed E-state index contributed by atoms with van der Waals surface area (Å²) in [6.45, 7) is -0.0340. The highest BCUT2D eigenvalue weighted by molar-refractivity contribution is 5.91. The number of nitrogens with zero attached hydrogens (tertiary/aromatic N) is 2. The van der Waals surface area contributed by atoms with Crippen LogP contribution in [0.2, 0.25) is 0 Å². The van der Waals surface area contributed by atoms with Crippen LogP contribution in [0, 0.1) is 5.82 Å². The summed E-state index contributed by atoms with van der Waals surface area (Å²) in [5, 5.41) is 0. The maximum Gasteiger partial charge on any atom is 0.344 e. The lowest BCUT2D eigenvalue weighted by molar-refractivity contribution is 0.0593. The van der Waals surface area contributed by atoms with E-state index in [4.69, 9.17) is 4.74 Å². The van der Waals surface area contributed by atoms with Crippen molar-refractivity contribution in [2.45, 2.75) is 6.61 Å². The van der Waals surface area contributed by atoms with Gasteiger partial charge in [0.1, 0.15) is 24.3 Å². The number of aromatic nitrogens is 2. The first-order chi connectivity index (χ1) is 9.22. The van der Waals surface area contributed by atoms with Crippen LogP contribution in [-0.2, 0) is 11.3 Å². The number of benzene rings is 1. The second-order valence-electron chi connectivity index (χ2n) is 3.61. The first-order valence-corrected chi connectivity index (χ1v) is 5.47. The van der Waals surface area contributed by atoms with E-state index in [0.29, 0.717) is 5.56 Å². The summed E-state index contributed by atoms with van der Waals surface area (Å²) in [5.41, 5.74) is 0.471. The maximum atomic E-state index is 13.4. The Morgan fingerprint density at radius 2 is 2.16 bits per heavy atom. The van der Waals surface area contributed by atoms with E-state index in [-0.39, 0.29) is 23.9 Å². The molecule has 0 atom stereocenters. The molecule has 0 saturated carbocycles. The molecular formula is C13H11FN2O3. The lowest BCUT2D eigenvalue weighted by Crippen LogP contribution is -2.08. The van der Waals surface area contributed by atoms with Gasteiger partial charge in [0.25, 0.3) is 0 Å². The van der Waals surface area contributed by atoms with Crippen LogP contribution < -0.4 is 4.74 Å². The minimum Gasteiger partial charge on any atom is -0.472 e. The van der Waals surface area contributed by atoms with Crippen molar-refractivity contribution in [1.82, 2.24) is 9.97 Å². The van der Waals surface area contributed by atoms with Gasteiger partial charge in [-0.2, -0.15) is 0 Å². The van der Waals surface area contributed by atoms with Gasteiger partial charge in [0, 0.05) is 11.8 Å². The van der Waals surface area contributed by atoms with Crippen LogP contribution in [0.1, 0.15) is 15.9 Å². The number of methoxy groups -OCH3 is 1. The normalized spacial score (nSPS) is 10.0. The molecule has 5 nitrogen and oxygen atoms in total. The molecule has 0 amide bonds. The number of ether oxygens (including phenoxy) is 2. The minimum atomic E-state index is -0.607. The first-order valence-electron chi connectivity index (χ1n) is 5.47. The summed E-state index contributed by atoms with van der Waals surface area (Å²) in [4.78, 5) is 19.0. The number of carbonyl (C=O) groups excluding carboxylic acids is 1. The van der Waals surface area contributed by atoms with Crippen molar-refractivity contribution in [1.29, 1.82) is 0 Å². The third-order valence-corrected chi connectivity index (χ3v) is 2.40. The van der Waals surface area contributed by atoms with Crippen molar-refractivity contribution in [2.24, 2.45) is 0 Å². The van der Waals surface area contributed by atoms with Crippen LogP contribution in [0.15, 0.2) is 36.8 Å². The van der Waals surface area contributed by atoms with E-state index in [2.05, 4.69) is 14.7 Å². The van der Waals surface area contributed by atoms with Crippen LogP contribution in [0.5, 0.6) is 5.88 Å². The number of carbonyl (C=O) groups is 1. The van der Waals surface area contributed by atoms with Crippen LogP contribution in [-0.4, -0.2) is 23.0 Å². The second kappa shape index (κ2) is 5.90. The standard InChI is InChI=1S/C13H11FN2O3/c1-18-13(17)10-6-15-8-16-12(10)19-7-9-4-2-3-5-11(9)14/h2-6,8H,7H2,1H3. The Labute approximate surface area is 109 Å². The lowest BCUT2D eigenvalue weighted by Gasteiger charge is -2.08. The van der Waals surface area contributed by atoms with E-state index < -0.39 is 5.97 Å². The molecule has 0 spiro atoms. The van der Waals surface area contributed by atoms with Gasteiger partial charge >= 0.3 is 5.97 Å². The highest BCUT2D eigenvalue weighted by atomic mass is 19.1. The van der Waals surface area contributed by atoms with Crippen molar-refractivity contribution in [2.75, 3.05) is 7.11 Å². The molecule has 0 fully saturated rings. The zero-order chi connectivity index (χ0) is 13.7. The molecule has 0 radical (unpaired) electrons. The number of hydrogen-bond acceptors (Lipinski definition) is 5. The SMILES string of the molecule is COC(=O)c1cncnc1OCc1ccccc1F. The maximum absolute atomic E-state index is 13.4. The lowest BCUT2D eigenvalue weighted by atomic mass is 10.2. The van der Waals surface area contributed by atoms with Crippen molar-refractivity contribution in [3.63, 3.8) is 0 Å². The van der Waals surface area contributed by atoms with Crippen molar-refractivity contribution < 1.29 is 18.7 Å². The molecule has 0 N–H and O–H groups in total. The van der Waals surface area contributed by atoms with E-state index in [9.17, 15) is 9.18 Å². The van der Waals surface area contributed by atoms with Gasteiger partial charge < -0.3 is 9.47 Å². The fourth-order valence-corrected chi connectivity index (χ4v) is 1.44. The average Bonchev–Trinajstić information content (AvgIpc) is 2.46. The van der Waals surface area contributed by atoms with Crippen LogP contribution in [0.3, 0.4) is 0 Å². The molecule has 2 rings (SSSR count). The van der Waals surface area contributed by atoms with E-state index >= 15 is 0 Å². The Bertz CT molecular complexity index is 590. The van der Waals surface area contributed by atoms with E-state index in [1.54, 1.807) is 18.2 Å².